The van der Waals surface area contributed by atoms with Gasteiger partial charge in [-0.1, -0.05) is 0 Å². The number of carbonyl (C=O) groups is 1. The van der Waals surface area contributed by atoms with Gasteiger partial charge >= 0.3 is 5.97 Å². The van der Waals surface area contributed by atoms with Gasteiger partial charge in [0, 0.05) is 0 Å². The third-order valence-corrected chi connectivity index (χ3v) is 2.18. The molecule has 0 spiro atoms. The van der Waals surface area contributed by atoms with Crippen molar-refractivity contribution in [3.05, 3.63) is 8.06 Å². The second-order valence-electron chi connectivity index (χ2n) is 1.38. The molecule has 0 rings (SSSR count). The third kappa shape index (κ3) is 3.20. The number of carbonyl (C=O) groups excluding carboxylic acids is 1. The number of hydrogen-bond acceptors (Lipinski definition) is 2. The van der Waals surface area contributed by atoms with Gasteiger partial charge in [-0.25, -0.2) is 4.79 Å². The second-order valence-corrected chi connectivity index (χ2v) is 4.73. The highest BCUT2D eigenvalue weighted by Crippen LogP contribution is 2.19. The van der Waals surface area contributed by atoms with Gasteiger partial charge in [-0.15, -0.1) is 0 Å². The summed E-state index contributed by atoms with van der Waals surface area (Å²) in [6, 6.07) is 0. The lowest BCUT2D eigenvalue weighted by molar-refractivity contribution is -0.136. The van der Waals surface area contributed by atoms with E-state index in [4.69, 9.17) is 0 Å². The van der Waals surface area contributed by atoms with E-state index >= 15 is 0 Å². The summed E-state index contributed by atoms with van der Waals surface area (Å²) in [5.74, 6) is -0.295. The van der Waals surface area contributed by atoms with Crippen LogP contribution in [0.2, 0.25) is 0 Å². The Morgan fingerprint density at radius 1 is 1.67 bits per heavy atom. The average molecular weight is 305 g/mol. The topological polar surface area (TPSA) is 26.3 Å². The van der Waals surface area contributed by atoms with E-state index in [0.717, 1.165) is 2.49 Å². The van der Waals surface area contributed by atoms with Gasteiger partial charge < -0.3 is 4.74 Å². The van der Waals surface area contributed by atoms with Crippen molar-refractivity contribution in [2.75, 3.05) is 7.11 Å². The quantitative estimate of drug-likeness (QED) is 0.422. The molecule has 0 unspecified atom stereocenters. The fourth-order valence-electron chi connectivity index (χ4n) is 0.230. The van der Waals surface area contributed by atoms with E-state index in [2.05, 4.69) is 20.7 Å². The highest BCUT2D eigenvalue weighted by Gasteiger charge is 2.05. The minimum Gasteiger partial charge on any atom is -0.466 e. The molecule has 52 valence electrons. The molecule has 9 heavy (non-hydrogen) atoms. The third-order valence-electron chi connectivity index (χ3n) is 0.775. The first-order valence-corrected chi connectivity index (χ1v) is 4.07. The molecule has 0 radical (unpaired) electrons. The van der Waals surface area contributed by atoms with Crippen LogP contribution in [0.4, 0.5) is 0 Å². The molecule has 0 aliphatic carbocycles. The fourth-order valence-corrected chi connectivity index (χ4v) is 0.612. The molecule has 0 atom stereocenters. The maximum absolute atomic E-state index is 10.6. The number of esters is 1. The maximum atomic E-state index is 10.6. The number of methoxy groups -OCH3 is 1. The van der Waals surface area contributed by atoms with Crippen LogP contribution < -0.4 is 0 Å². The van der Waals surface area contributed by atoms with E-state index in [1.807, 2.05) is 22.6 Å². The van der Waals surface area contributed by atoms with Crippen LogP contribution in [0.3, 0.4) is 0 Å². The molecule has 2 nitrogen and oxygen atoms in total. The van der Waals surface area contributed by atoms with Gasteiger partial charge in [0.05, 0.1) is 15.2 Å². The van der Waals surface area contributed by atoms with Crippen molar-refractivity contribution in [3.8, 4) is 0 Å². The van der Waals surface area contributed by atoms with Crippen molar-refractivity contribution >= 4 is 44.5 Å². The van der Waals surface area contributed by atoms with Crippen molar-refractivity contribution in [2.45, 2.75) is 6.92 Å². The summed E-state index contributed by atoms with van der Waals surface area (Å²) < 4.78 is 5.23. The van der Waals surface area contributed by atoms with E-state index in [1.54, 1.807) is 6.92 Å². The summed E-state index contributed by atoms with van der Waals surface area (Å²) in [5.41, 5.74) is 0.595. The molecule has 4 heteroatoms. The molecule has 0 amide bonds. The number of ether oxygens (including phenoxy) is 1. The Bertz CT molecular complexity index is 149. The van der Waals surface area contributed by atoms with E-state index in [-0.39, 0.29) is 5.97 Å². The molecule has 0 aromatic heterocycles. The number of halogens is 2. The summed E-state index contributed by atoms with van der Waals surface area (Å²) in [4.78, 5) is 10.6. The first-order valence-electron chi connectivity index (χ1n) is 2.19. The Morgan fingerprint density at radius 3 is 2.22 bits per heavy atom. The van der Waals surface area contributed by atoms with Crippen LogP contribution in [0, 0.1) is 0 Å². The zero-order valence-corrected chi connectivity index (χ0v) is 8.82. The normalized spacial score (nSPS) is 12.4. The molecule has 0 heterocycles. The van der Waals surface area contributed by atoms with Gasteiger partial charge in [-0.3, -0.25) is 0 Å². The highest BCUT2D eigenvalue weighted by molar-refractivity contribution is 14.1. The molecule has 0 aromatic carbocycles. The molecule has 0 aliphatic rings. The zero-order valence-electron chi connectivity index (χ0n) is 5.07. The lowest BCUT2D eigenvalue weighted by atomic mass is 10.4. The van der Waals surface area contributed by atoms with Crippen molar-refractivity contribution in [1.29, 1.82) is 0 Å². The van der Waals surface area contributed by atoms with Crippen LogP contribution >= 0.6 is 38.5 Å². The van der Waals surface area contributed by atoms with Crippen molar-refractivity contribution < 1.29 is 9.53 Å². The van der Waals surface area contributed by atoms with Crippen molar-refractivity contribution in [3.63, 3.8) is 0 Å². The largest absolute Gasteiger partial charge is 0.466 e. The second kappa shape index (κ2) is 4.27. The Kier molecular flexibility index (Phi) is 4.47. The lowest BCUT2D eigenvalue weighted by Gasteiger charge is -1.96. The summed E-state index contributed by atoms with van der Waals surface area (Å²) >= 11 is 5.15. The summed E-state index contributed by atoms with van der Waals surface area (Å²) in [7, 11) is 1.36. The molecule has 0 aliphatic heterocycles. The van der Waals surface area contributed by atoms with Crippen LogP contribution in [0.5, 0.6) is 0 Å². The van der Waals surface area contributed by atoms with Gasteiger partial charge in [0.2, 0.25) is 0 Å². The van der Waals surface area contributed by atoms with Gasteiger partial charge in [-0.2, -0.15) is 0 Å². The SMILES string of the molecule is COC(=O)/C(C)=C(/Br)I. The van der Waals surface area contributed by atoms with Gasteiger partial charge in [0.1, 0.15) is 0 Å². The zero-order chi connectivity index (χ0) is 7.44. The molecule has 0 saturated carbocycles. The smallest absolute Gasteiger partial charge is 0.335 e. The van der Waals surface area contributed by atoms with Crippen molar-refractivity contribution in [2.24, 2.45) is 0 Å². The number of hydrogen-bond donors (Lipinski definition) is 0. The van der Waals surface area contributed by atoms with Crippen LogP contribution in [0.1, 0.15) is 6.92 Å². The molecular weight excluding hydrogens is 299 g/mol. The van der Waals surface area contributed by atoms with Gasteiger partial charge in [0.15, 0.2) is 0 Å². The van der Waals surface area contributed by atoms with Crippen molar-refractivity contribution in [1.82, 2.24) is 0 Å². The maximum Gasteiger partial charge on any atom is 0.335 e. The Labute approximate surface area is 75.9 Å². The minimum atomic E-state index is -0.295. The Morgan fingerprint density at radius 2 is 2.11 bits per heavy atom. The first-order chi connectivity index (χ1) is 4.09. The first kappa shape index (κ1) is 9.42. The number of rotatable bonds is 1. The standard InChI is InChI=1S/C5H6BrIO2/c1-3(4(6)7)5(8)9-2/h1-2H3/b4-3-. The van der Waals surface area contributed by atoms with Crippen LogP contribution in [-0.4, -0.2) is 13.1 Å². The van der Waals surface area contributed by atoms with Crippen LogP contribution in [-0.2, 0) is 9.53 Å². The van der Waals surface area contributed by atoms with Gasteiger partial charge in [-0.05, 0) is 45.4 Å². The van der Waals surface area contributed by atoms with E-state index in [1.165, 1.54) is 7.11 Å². The van der Waals surface area contributed by atoms with E-state index < -0.39 is 0 Å². The molecular formula is C5H6BrIO2. The molecule has 0 bridgehead atoms. The van der Waals surface area contributed by atoms with Gasteiger partial charge in [0.25, 0.3) is 0 Å². The monoisotopic (exact) mass is 304 g/mol. The Hall–Kier alpha value is 0.420. The molecule has 0 aromatic rings. The van der Waals surface area contributed by atoms with E-state index in [9.17, 15) is 4.79 Å². The average Bonchev–Trinajstić information content (AvgIpc) is 1.84. The Balaban J connectivity index is 4.21. The predicted molar refractivity (Wildman–Crippen MR) is 47.7 cm³/mol. The summed E-state index contributed by atoms with van der Waals surface area (Å²) in [5, 5.41) is 0. The lowest BCUT2D eigenvalue weighted by Crippen LogP contribution is -2.01. The summed E-state index contributed by atoms with van der Waals surface area (Å²) in [6.45, 7) is 1.70. The molecule has 0 saturated heterocycles. The predicted octanol–water partition coefficient (Wildman–Crippen LogP) is 2.22. The van der Waals surface area contributed by atoms with E-state index in [0.29, 0.717) is 5.57 Å². The highest BCUT2D eigenvalue weighted by atomic mass is 127. The fraction of sp³-hybridized carbons (Fsp3) is 0.400. The van der Waals surface area contributed by atoms with Crippen LogP contribution in [0.15, 0.2) is 8.06 Å². The minimum absolute atomic E-state index is 0.295. The molecule has 0 N–H and O–H groups in total. The molecule has 0 fully saturated rings. The van der Waals surface area contributed by atoms with Crippen LogP contribution in [0.25, 0.3) is 0 Å². The summed E-state index contributed by atoms with van der Waals surface area (Å²) in [6.07, 6.45) is 0.